The summed E-state index contributed by atoms with van der Waals surface area (Å²) in [6.07, 6.45) is 5.55. The molecule has 1 N–H and O–H groups in total. The normalized spacial score (nSPS) is 33.0. The second kappa shape index (κ2) is 6.64. The monoisotopic (exact) mass is 225 g/mol. The van der Waals surface area contributed by atoms with E-state index in [1.165, 1.54) is 32.2 Å². The lowest BCUT2D eigenvalue weighted by Gasteiger charge is -2.39. The Morgan fingerprint density at radius 1 is 1.12 bits per heavy atom. The third-order valence-corrected chi connectivity index (χ3v) is 4.49. The zero-order chi connectivity index (χ0) is 12.1. The molecule has 1 aliphatic rings. The maximum absolute atomic E-state index is 3.77. The van der Waals surface area contributed by atoms with Gasteiger partial charge in [-0.15, -0.1) is 0 Å². The van der Waals surface area contributed by atoms with Crippen LogP contribution in [0.5, 0.6) is 0 Å². The molecule has 1 fully saturated rings. The van der Waals surface area contributed by atoms with Crippen LogP contribution in [0.15, 0.2) is 0 Å². The largest absolute Gasteiger partial charge is 0.313 e. The summed E-state index contributed by atoms with van der Waals surface area (Å²) in [5.41, 5.74) is 0. The fraction of sp³-hybridized carbons (Fsp3) is 1.00. The Morgan fingerprint density at radius 2 is 1.81 bits per heavy atom. The number of rotatable bonds is 5. The number of hydrogen-bond donors (Lipinski definition) is 1. The summed E-state index contributed by atoms with van der Waals surface area (Å²) in [6, 6.07) is 0.745. The van der Waals surface area contributed by atoms with Crippen molar-refractivity contribution in [2.24, 2.45) is 23.7 Å². The number of hydrogen-bond acceptors (Lipinski definition) is 1. The third-order valence-electron chi connectivity index (χ3n) is 4.49. The minimum atomic E-state index is 0.745. The molecular weight excluding hydrogens is 194 g/mol. The van der Waals surface area contributed by atoms with Crippen molar-refractivity contribution in [3.8, 4) is 0 Å². The predicted molar refractivity (Wildman–Crippen MR) is 72.6 cm³/mol. The van der Waals surface area contributed by atoms with Gasteiger partial charge in [0.15, 0.2) is 0 Å². The van der Waals surface area contributed by atoms with Crippen LogP contribution >= 0.6 is 0 Å². The van der Waals surface area contributed by atoms with Gasteiger partial charge < -0.3 is 5.32 Å². The van der Waals surface area contributed by atoms with E-state index >= 15 is 0 Å². The average Bonchev–Trinajstić information content (AvgIpc) is 2.23. The van der Waals surface area contributed by atoms with E-state index in [0.29, 0.717) is 0 Å². The van der Waals surface area contributed by atoms with Crippen molar-refractivity contribution in [3.63, 3.8) is 0 Å². The van der Waals surface area contributed by atoms with E-state index in [9.17, 15) is 0 Å². The smallest absolute Gasteiger partial charge is 0.0118 e. The van der Waals surface area contributed by atoms with E-state index in [-0.39, 0.29) is 0 Å². The van der Waals surface area contributed by atoms with Gasteiger partial charge in [0.1, 0.15) is 0 Å². The van der Waals surface area contributed by atoms with Gasteiger partial charge in [0.2, 0.25) is 0 Å². The summed E-state index contributed by atoms with van der Waals surface area (Å²) < 4.78 is 0. The molecule has 0 aliphatic heterocycles. The predicted octanol–water partition coefficient (Wildman–Crippen LogP) is 4.08. The van der Waals surface area contributed by atoms with Gasteiger partial charge in [0.25, 0.3) is 0 Å². The molecule has 1 nitrogen and oxygen atoms in total. The molecule has 0 aromatic carbocycles. The lowest BCUT2D eigenvalue weighted by molar-refractivity contribution is 0.149. The Morgan fingerprint density at radius 3 is 2.31 bits per heavy atom. The van der Waals surface area contributed by atoms with Gasteiger partial charge in [0, 0.05) is 6.04 Å². The molecule has 1 heteroatoms. The summed E-state index contributed by atoms with van der Waals surface area (Å²) in [5.74, 6) is 3.55. The maximum atomic E-state index is 3.77. The minimum Gasteiger partial charge on any atom is -0.313 e. The maximum Gasteiger partial charge on any atom is 0.0118 e. The van der Waals surface area contributed by atoms with E-state index in [4.69, 9.17) is 0 Å². The first kappa shape index (κ1) is 14.0. The third kappa shape index (κ3) is 3.76. The summed E-state index contributed by atoms with van der Waals surface area (Å²) in [7, 11) is 0. The molecule has 0 radical (unpaired) electrons. The zero-order valence-corrected chi connectivity index (χ0v) is 11.9. The van der Waals surface area contributed by atoms with Crippen LogP contribution in [0.1, 0.15) is 60.3 Å². The van der Waals surface area contributed by atoms with Crippen molar-refractivity contribution in [1.29, 1.82) is 0 Å². The molecule has 0 amide bonds. The van der Waals surface area contributed by atoms with Gasteiger partial charge in [-0.05, 0) is 49.5 Å². The minimum absolute atomic E-state index is 0.745. The van der Waals surface area contributed by atoms with Crippen LogP contribution in [0.3, 0.4) is 0 Å². The van der Waals surface area contributed by atoms with E-state index in [2.05, 4.69) is 39.9 Å². The molecule has 96 valence electrons. The van der Waals surface area contributed by atoms with Crippen molar-refractivity contribution < 1.29 is 0 Å². The van der Waals surface area contributed by atoms with Crippen molar-refractivity contribution in [1.82, 2.24) is 5.32 Å². The molecule has 1 saturated carbocycles. The standard InChI is InChI=1S/C15H31N/c1-6-9-16-15(11(2)3)14-8-7-12(4)13(5)10-14/h11-16H,6-10H2,1-5H3. The summed E-state index contributed by atoms with van der Waals surface area (Å²) >= 11 is 0. The Bertz CT molecular complexity index is 188. The summed E-state index contributed by atoms with van der Waals surface area (Å²) in [4.78, 5) is 0. The summed E-state index contributed by atoms with van der Waals surface area (Å²) in [6.45, 7) is 13.0. The quantitative estimate of drug-likeness (QED) is 0.743. The van der Waals surface area contributed by atoms with Crippen LogP contribution in [0, 0.1) is 23.7 Å². The number of nitrogens with one attached hydrogen (secondary N) is 1. The van der Waals surface area contributed by atoms with E-state index in [0.717, 1.165) is 29.7 Å². The van der Waals surface area contributed by atoms with Gasteiger partial charge in [-0.3, -0.25) is 0 Å². The molecule has 0 saturated heterocycles. The Hall–Kier alpha value is -0.0400. The molecule has 1 aliphatic carbocycles. The first-order valence-electron chi connectivity index (χ1n) is 7.29. The van der Waals surface area contributed by atoms with Gasteiger partial charge in [-0.2, -0.15) is 0 Å². The van der Waals surface area contributed by atoms with Crippen LogP contribution in [0.2, 0.25) is 0 Å². The summed E-state index contributed by atoms with van der Waals surface area (Å²) in [5, 5.41) is 3.77. The highest BCUT2D eigenvalue weighted by molar-refractivity contribution is 4.85. The van der Waals surface area contributed by atoms with Gasteiger partial charge in [0.05, 0.1) is 0 Å². The molecule has 0 spiro atoms. The molecule has 0 aromatic heterocycles. The SMILES string of the molecule is CCCNC(C(C)C)C1CCC(C)C(C)C1. The Kier molecular flexibility index (Phi) is 5.82. The average molecular weight is 225 g/mol. The van der Waals surface area contributed by atoms with Crippen LogP contribution in [0.25, 0.3) is 0 Å². The van der Waals surface area contributed by atoms with Crippen LogP contribution in [-0.2, 0) is 0 Å². The van der Waals surface area contributed by atoms with Gasteiger partial charge in [-0.25, -0.2) is 0 Å². The van der Waals surface area contributed by atoms with Crippen molar-refractivity contribution in [2.75, 3.05) is 6.54 Å². The highest BCUT2D eigenvalue weighted by Gasteiger charge is 2.31. The molecule has 0 heterocycles. The van der Waals surface area contributed by atoms with E-state index in [1.54, 1.807) is 0 Å². The fourth-order valence-electron chi connectivity index (χ4n) is 3.17. The van der Waals surface area contributed by atoms with Crippen molar-refractivity contribution >= 4 is 0 Å². The first-order chi connectivity index (χ1) is 7.56. The molecule has 4 unspecified atom stereocenters. The highest BCUT2D eigenvalue weighted by Crippen LogP contribution is 2.36. The van der Waals surface area contributed by atoms with Crippen molar-refractivity contribution in [2.45, 2.75) is 66.3 Å². The second-order valence-corrected chi connectivity index (χ2v) is 6.25. The lowest BCUT2D eigenvalue weighted by atomic mass is 9.71. The van der Waals surface area contributed by atoms with Crippen LogP contribution in [0.4, 0.5) is 0 Å². The zero-order valence-electron chi connectivity index (χ0n) is 11.9. The lowest BCUT2D eigenvalue weighted by Crippen LogP contribution is -2.43. The fourth-order valence-corrected chi connectivity index (χ4v) is 3.17. The van der Waals surface area contributed by atoms with Gasteiger partial charge in [-0.1, -0.05) is 41.0 Å². The topological polar surface area (TPSA) is 12.0 Å². The Labute approximate surface area is 102 Å². The van der Waals surface area contributed by atoms with E-state index < -0.39 is 0 Å². The second-order valence-electron chi connectivity index (χ2n) is 6.25. The molecule has 0 aromatic rings. The molecule has 0 bridgehead atoms. The molecular formula is C15H31N. The first-order valence-corrected chi connectivity index (χ1v) is 7.29. The van der Waals surface area contributed by atoms with Crippen LogP contribution in [-0.4, -0.2) is 12.6 Å². The molecule has 1 rings (SSSR count). The van der Waals surface area contributed by atoms with Crippen LogP contribution < -0.4 is 5.32 Å². The Balaban J connectivity index is 2.51. The van der Waals surface area contributed by atoms with Gasteiger partial charge >= 0.3 is 0 Å². The van der Waals surface area contributed by atoms with E-state index in [1.807, 2.05) is 0 Å². The van der Waals surface area contributed by atoms with Crippen molar-refractivity contribution in [3.05, 3.63) is 0 Å². The molecule has 16 heavy (non-hydrogen) atoms. The highest BCUT2D eigenvalue weighted by atomic mass is 14.9. The molecule has 4 atom stereocenters.